The molecule has 0 fully saturated rings. The van der Waals surface area contributed by atoms with E-state index in [1.54, 1.807) is 6.92 Å². The smallest absolute Gasteiger partial charge is 0.333 e. The predicted octanol–water partition coefficient (Wildman–Crippen LogP) is 2.60. The monoisotopic (exact) mass is 154 g/mol. The van der Waals surface area contributed by atoms with Crippen molar-refractivity contribution in [3.8, 4) is 0 Å². The lowest BCUT2D eigenvalue weighted by atomic mass is 10.7. The predicted molar refractivity (Wildman–Crippen MR) is 35.3 cm³/mol. The summed E-state index contributed by atoms with van der Waals surface area (Å²) in [5.41, 5.74) is 0. The molecule has 0 aliphatic rings. The molecule has 4 heteroatoms. The first-order chi connectivity index (χ1) is 3.42. The van der Waals surface area contributed by atoms with Gasteiger partial charge in [-0.2, -0.15) is 0 Å². The summed E-state index contributed by atoms with van der Waals surface area (Å²) in [6, 6.07) is 0. The third kappa shape index (κ3) is 6.06. The van der Waals surface area contributed by atoms with Gasteiger partial charge in [0, 0.05) is 6.66 Å². The summed E-state index contributed by atoms with van der Waals surface area (Å²) in [6.45, 7) is 3.43. The molecule has 0 bridgehead atoms. The van der Waals surface area contributed by atoms with Crippen LogP contribution in [0.4, 0.5) is 0 Å². The number of hydrogen-bond acceptors (Lipinski definition) is 2. The summed E-state index contributed by atoms with van der Waals surface area (Å²) in [5, 5.41) is 0. The number of halogens is 1. The molecule has 0 spiro atoms. The Balaban J connectivity index is 3.74. The van der Waals surface area contributed by atoms with Gasteiger partial charge in [-0.15, -0.1) is 0 Å². The molecule has 0 radical (unpaired) electrons. The van der Waals surface area contributed by atoms with Crippen molar-refractivity contribution in [3.05, 3.63) is 12.3 Å². The molecule has 8 heavy (non-hydrogen) atoms. The first kappa shape index (κ1) is 8.06. The van der Waals surface area contributed by atoms with Crippen LogP contribution in [0.25, 0.3) is 0 Å². The highest BCUT2D eigenvalue weighted by molar-refractivity contribution is 7.84. The Bertz CT molecular complexity index is 137. The zero-order valence-electron chi connectivity index (χ0n) is 4.85. The fourth-order valence-electron chi connectivity index (χ4n) is 0.278. The van der Waals surface area contributed by atoms with E-state index in [0.717, 1.165) is 0 Å². The molecule has 0 amide bonds. The Morgan fingerprint density at radius 2 is 2.25 bits per heavy atom. The van der Waals surface area contributed by atoms with Crippen molar-refractivity contribution in [1.29, 1.82) is 0 Å². The fraction of sp³-hybridized carbons (Fsp3) is 0.500. The molecule has 2 nitrogen and oxygen atoms in total. The van der Waals surface area contributed by atoms with Gasteiger partial charge >= 0.3 is 6.72 Å². The fourth-order valence-corrected chi connectivity index (χ4v) is 1.19. The van der Waals surface area contributed by atoms with Crippen molar-refractivity contribution >= 4 is 18.0 Å². The van der Waals surface area contributed by atoms with Crippen molar-refractivity contribution in [2.24, 2.45) is 0 Å². The minimum atomic E-state index is -2.85. The molecule has 0 N–H and O–H groups in total. The molecular formula is C4H8ClO2P. The van der Waals surface area contributed by atoms with Gasteiger partial charge < -0.3 is 4.52 Å². The van der Waals surface area contributed by atoms with Gasteiger partial charge in [0.1, 0.15) is 0 Å². The molecule has 1 unspecified atom stereocenters. The number of rotatable bonds is 2. The largest absolute Gasteiger partial charge is 0.438 e. The molecule has 0 saturated heterocycles. The van der Waals surface area contributed by atoms with Crippen molar-refractivity contribution in [2.45, 2.75) is 6.92 Å². The maximum Gasteiger partial charge on any atom is 0.333 e. The average molecular weight is 155 g/mol. The molecule has 0 saturated carbocycles. The minimum Gasteiger partial charge on any atom is -0.438 e. The first-order valence-electron chi connectivity index (χ1n) is 2.04. The van der Waals surface area contributed by atoms with Crippen LogP contribution < -0.4 is 0 Å². The molecule has 0 aromatic carbocycles. The van der Waals surface area contributed by atoms with Crippen molar-refractivity contribution in [2.75, 3.05) is 6.66 Å². The summed E-state index contributed by atoms with van der Waals surface area (Å²) < 4.78 is 15.1. The van der Waals surface area contributed by atoms with Gasteiger partial charge in [-0.05, 0) is 18.2 Å². The summed E-state index contributed by atoms with van der Waals surface area (Å²) >= 11 is 5.20. The van der Waals surface area contributed by atoms with Crippen LogP contribution in [0.5, 0.6) is 0 Å². The van der Waals surface area contributed by atoms with Crippen LogP contribution in [0, 0.1) is 0 Å². The summed E-state index contributed by atoms with van der Waals surface area (Å²) in [7, 11) is 0. The zero-order chi connectivity index (χ0) is 6.78. The van der Waals surface area contributed by atoms with Crippen LogP contribution >= 0.6 is 18.0 Å². The van der Waals surface area contributed by atoms with E-state index in [-0.39, 0.29) is 0 Å². The van der Waals surface area contributed by atoms with Crippen LogP contribution in [0.1, 0.15) is 6.92 Å². The number of allylic oxidation sites excluding steroid dienone is 1. The second kappa shape index (κ2) is 2.56. The minimum absolute atomic E-state index is 0.380. The molecule has 48 valence electrons. The molecule has 0 heterocycles. The lowest BCUT2D eigenvalue weighted by Crippen LogP contribution is -1.75. The number of hydrogen-bond donors (Lipinski definition) is 0. The topological polar surface area (TPSA) is 26.3 Å². The van der Waals surface area contributed by atoms with Crippen LogP contribution in [0.2, 0.25) is 0 Å². The van der Waals surface area contributed by atoms with Gasteiger partial charge in [0.25, 0.3) is 0 Å². The quantitative estimate of drug-likeness (QED) is 0.451. The van der Waals surface area contributed by atoms with E-state index in [1.165, 1.54) is 6.66 Å². The van der Waals surface area contributed by atoms with Gasteiger partial charge in [0.2, 0.25) is 0 Å². The molecule has 0 aliphatic carbocycles. The normalized spacial score (nSPS) is 16.9. The molecular weight excluding hydrogens is 146 g/mol. The van der Waals surface area contributed by atoms with Gasteiger partial charge in [-0.25, -0.2) is 0 Å². The summed E-state index contributed by atoms with van der Waals surface area (Å²) in [4.78, 5) is 0. The van der Waals surface area contributed by atoms with E-state index in [2.05, 4.69) is 11.1 Å². The maximum absolute atomic E-state index is 10.5. The summed E-state index contributed by atoms with van der Waals surface area (Å²) in [6.07, 6.45) is 0. The van der Waals surface area contributed by atoms with Crippen molar-refractivity contribution in [3.63, 3.8) is 0 Å². The Hall–Kier alpha value is 0.0600. The van der Waals surface area contributed by atoms with Crippen molar-refractivity contribution in [1.82, 2.24) is 0 Å². The van der Waals surface area contributed by atoms with E-state index in [0.29, 0.717) is 5.76 Å². The molecule has 1 atom stereocenters. The zero-order valence-corrected chi connectivity index (χ0v) is 6.50. The van der Waals surface area contributed by atoms with E-state index in [9.17, 15) is 4.57 Å². The van der Waals surface area contributed by atoms with Crippen molar-refractivity contribution < 1.29 is 9.09 Å². The second-order valence-electron chi connectivity index (χ2n) is 1.54. The van der Waals surface area contributed by atoms with Gasteiger partial charge in [0.05, 0.1) is 5.76 Å². The Morgan fingerprint density at radius 1 is 1.88 bits per heavy atom. The Kier molecular flexibility index (Phi) is 2.58. The highest BCUT2D eigenvalue weighted by Gasteiger charge is 2.09. The first-order valence-corrected chi connectivity index (χ1v) is 5.02. The molecule has 0 aromatic heterocycles. The SMILES string of the molecule is C=C(C)OP(C)(=O)Cl. The van der Waals surface area contributed by atoms with Crippen LogP contribution in [0.15, 0.2) is 12.3 Å². The van der Waals surface area contributed by atoms with E-state index < -0.39 is 6.72 Å². The van der Waals surface area contributed by atoms with E-state index in [1.807, 2.05) is 0 Å². The van der Waals surface area contributed by atoms with Crippen LogP contribution in [-0.4, -0.2) is 6.66 Å². The van der Waals surface area contributed by atoms with Gasteiger partial charge in [-0.3, -0.25) is 4.57 Å². The highest BCUT2D eigenvalue weighted by atomic mass is 35.7. The standard InChI is InChI=1S/C4H8ClO2P/c1-4(2)7-8(3,5)6/h1H2,2-3H3. The lowest BCUT2D eigenvalue weighted by molar-refractivity contribution is 0.426. The van der Waals surface area contributed by atoms with Crippen LogP contribution in [0.3, 0.4) is 0 Å². The molecule has 0 rings (SSSR count). The Morgan fingerprint density at radius 3 is 2.25 bits per heavy atom. The third-order valence-electron chi connectivity index (χ3n) is 0.319. The maximum atomic E-state index is 10.5. The van der Waals surface area contributed by atoms with E-state index in [4.69, 9.17) is 11.2 Å². The highest BCUT2D eigenvalue weighted by Crippen LogP contribution is 2.49. The molecule has 0 aromatic rings. The van der Waals surface area contributed by atoms with Gasteiger partial charge in [-0.1, -0.05) is 6.58 Å². The summed E-state index contributed by atoms with van der Waals surface area (Å²) in [5.74, 6) is 0.380. The van der Waals surface area contributed by atoms with Gasteiger partial charge in [0.15, 0.2) is 0 Å². The Labute approximate surface area is 53.7 Å². The average Bonchev–Trinajstić information content (AvgIpc) is 1.21. The lowest BCUT2D eigenvalue weighted by Gasteiger charge is -2.04. The van der Waals surface area contributed by atoms with Crippen LogP contribution in [-0.2, 0) is 9.09 Å². The molecule has 0 aliphatic heterocycles. The van der Waals surface area contributed by atoms with E-state index >= 15 is 0 Å². The second-order valence-corrected chi connectivity index (χ2v) is 5.06. The third-order valence-corrected chi connectivity index (χ3v) is 1.16.